The Kier molecular flexibility index (Phi) is 9.18. The first-order chi connectivity index (χ1) is 13.9. The highest BCUT2D eigenvalue weighted by atomic mass is 32.2. The maximum absolute atomic E-state index is 12.4. The van der Waals surface area contributed by atoms with Gasteiger partial charge in [0, 0.05) is 13.0 Å². The number of nitrogens with one attached hydrogen (secondary N) is 1. The van der Waals surface area contributed by atoms with Gasteiger partial charge in [0.15, 0.2) is 5.16 Å². The number of benzene rings is 1. The molecule has 7 nitrogen and oxygen atoms in total. The molecule has 1 aromatic carbocycles. The maximum atomic E-state index is 12.4. The summed E-state index contributed by atoms with van der Waals surface area (Å²) in [5.74, 6) is 0.671. The van der Waals surface area contributed by atoms with Crippen molar-refractivity contribution >= 4 is 23.6 Å². The molecule has 0 radical (unpaired) electrons. The van der Waals surface area contributed by atoms with Gasteiger partial charge in [-0.25, -0.2) is 4.79 Å². The van der Waals surface area contributed by atoms with Crippen molar-refractivity contribution in [3.05, 3.63) is 41.7 Å². The minimum Gasteiger partial charge on any atom is -0.467 e. The topological polar surface area (TPSA) is 86.1 Å². The van der Waals surface area contributed by atoms with Gasteiger partial charge in [-0.3, -0.25) is 4.79 Å². The number of thioether (sulfide) groups is 1. The summed E-state index contributed by atoms with van der Waals surface area (Å²) in [6, 6.07) is 9.49. The lowest BCUT2D eigenvalue weighted by atomic mass is 10.0. The molecule has 1 heterocycles. The Labute approximate surface area is 176 Å². The highest BCUT2D eigenvalue weighted by Crippen LogP contribution is 2.19. The number of carbonyl (C=O) groups excluding carboxylic acids is 2. The number of methoxy groups -OCH3 is 1. The van der Waals surface area contributed by atoms with E-state index in [2.05, 4.69) is 39.1 Å². The third kappa shape index (κ3) is 7.20. The first-order valence-corrected chi connectivity index (χ1v) is 10.9. The number of nitrogens with zero attached hydrogens (tertiary/aromatic N) is 3. The molecule has 1 unspecified atom stereocenters. The number of amides is 1. The van der Waals surface area contributed by atoms with Gasteiger partial charge in [-0.05, 0) is 24.3 Å². The van der Waals surface area contributed by atoms with Gasteiger partial charge in [0.2, 0.25) is 5.91 Å². The molecule has 8 heteroatoms. The van der Waals surface area contributed by atoms with Crippen LogP contribution in [-0.4, -0.2) is 45.5 Å². The van der Waals surface area contributed by atoms with Gasteiger partial charge in [0.1, 0.15) is 11.9 Å². The molecule has 0 spiro atoms. The molecular formula is C21H30N4O3S. The first kappa shape index (κ1) is 22.9. The number of esters is 1. The predicted octanol–water partition coefficient (Wildman–Crippen LogP) is 3.07. The van der Waals surface area contributed by atoms with Gasteiger partial charge in [-0.15, -0.1) is 10.2 Å². The quantitative estimate of drug-likeness (QED) is 0.446. The highest BCUT2D eigenvalue weighted by Gasteiger charge is 2.23. The van der Waals surface area contributed by atoms with Gasteiger partial charge in [0.25, 0.3) is 0 Å². The molecule has 158 valence electrons. The van der Waals surface area contributed by atoms with Crippen LogP contribution in [0.5, 0.6) is 0 Å². The van der Waals surface area contributed by atoms with Gasteiger partial charge in [-0.2, -0.15) is 0 Å². The van der Waals surface area contributed by atoms with Crippen molar-refractivity contribution in [2.24, 2.45) is 5.92 Å². The molecule has 2 aromatic rings. The Morgan fingerprint density at radius 1 is 1.21 bits per heavy atom. The highest BCUT2D eigenvalue weighted by molar-refractivity contribution is 7.99. The molecule has 29 heavy (non-hydrogen) atoms. The standard InChI is InChI=1S/C21H30N4O3S/c1-5-11-25-18(13-16-9-7-6-8-10-16)23-24-21(25)29-14-19(26)22-17(12-15(2)3)20(27)28-4/h6-10,15,17H,5,11-14H2,1-4H3,(H,22,26). The van der Waals surface area contributed by atoms with E-state index in [-0.39, 0.29) is 17.6 Å². The summed E-state index contributed by atoms with van der Waals surface area (Å²) >= 11 is 1.33. The minimum atomic E-state index is -0.629. The van der Waals surface area contributed by atoms with Crippen molar-refractivity contribution in [2.45, 2.75) is 57.8 Å². The number of hydrogen-bond donors (Lipinski definition) is 1. The molecule has 2 rings (SSSR count). The van der Waals surface area contributed by atoms with E-state index in [0.29, 0.717) is 18.0 Å². The average Bonchev–Trinajstić information content (AvgIpc) is 3.07. The molecule has 0 aliphatic rings. The molecule has 0 saturated carbocycles. The molecule has 1 atom stereocenters. The number of carbonyl (C=O) groups is 2. The van der Waals surface area contributed by atoms with Gasteiger partial charge in [-0.1, -0.05) is 62.9 Å². The van der Waals surface area contributed by atoms with Crippen LogP contribution in [0.15, 0.2) is 35.5 Å². The minimum absolute atomic E-state index is 0.165. The predicted molar refractivity (Wildman–Crippen MR) is 114 cm³/mol. The Hall–Kier alpha value is -2.35. The summed E-state index contributed by atoms with van der Waals surface area (Å²) in [5.41, 5.74) is 1.17. The van der Waals surface area contributed by atoms with E-state index in [9.17, 15) is 9.59 Å². The fourth-order valence-electron chi connectivity index (χ4n) is 2.98. The van der Waals surface area contributed by atoms with Crippen LogP contribution in [0.3, 0.4) is 0 Å². The number of hydrogen-bond acceptors (Lipinski definition) is 6. The average molecular weight is 419 g/mol. The molecule has 0 saturated heterocycles. The van der Waals surface area contributed by atoms with Crippen LogP contribution >= 0.6 is 11.8 Å². The van der Waals surface area contributed by atoms with E-state index < -0.39 is 12.0 Å². The summed E-state index contributed by atoms with van der Waals surface area (Å²) in [6.45, 7) is 6.88. The van der Waals surface area contributed by atoms with E-state index in [0.717, 1.165) is 18.8 Å². The van der Waals surface area contributed by atoms with Crippen LogP contribution in [0.2, 0.25) is 0 Å². The second-order valence-electron chi connectivity index (χ2n) is 7.27. The molecule has 0 bridgehead atoms. The van der Waals surface area contributed by atoms with Crippen LogP contribution in [0, 0.1) is 5.92 Å². The fraction of sp³-hybridized carbons (Fsp3) is 0.524. The summed E-state index contributed by atoms with van der Waals surface area (Å²) in [4.78, 5) is 24.3. The van der Waals surface area contributed by atoms with Crippen molar-refractivity contribution in [3.63, 3.8) is 0 Å². The largest absolute Gasteiger partial charge is 0.467 e. The monoisotopic (exact) mass is 418 g/mol. The second-order valence-corrected chi connectivity index (χ2v) is 8.22. The zero-order valence-electron chi connectivity index (χ0n) is 17.6. The van der Waals surface area contributed by atoms with Crippen molar-refractivity contribution in [1.82, 2.24) is 20.1 Å². The van der Waals surface area contributed by atoms with E-state index in [1.807, 2.05) is 32.0 Å². The van der Waals surface area contributed by atoms with E-state index in [1.54, 1.807) is 0 Å². The first-order valence-electron chi connectivity index (χ1n) is 9.90. The lowest BCUT2D eigenvalue weighted by Crippen LogP contribution is -2.43. The Morgan fingerprint density at radius 3 is 2.55 bits per heavy atom. The third-order valence-corrected chi connectivity index (χ3v) is 5.27. The van der Waals surface area contributed by atoms with Crippen LogP contribution in [0.4, 0.5) is 0 Å². The Morgan fingerprint density at radius 2 is 1.93 bits per heavy atom. The third-order valence-electron chi connectivity index (χ3n) is 4.31. The number of rotatable bonds is 11. The van der Waals surface area contributed by atoms with Crippen molar-refractivity contribution < 1.29 is 14.3 Å². The van der Waals surface area contributed by atoms with E-state index in [1.165, 1.54) is 24.4 Å². The number of aromatic nitrogens is 3. The van der Waals surface area contributed by atoms with E-state index >= 15 is 0 Å². The molecule has 1 aromatic heterocycles. The van der Waals surface area contributed by atoms with Gasteiger partial charge < -0.3 is 14.6 Å². The molecule has 1 N–H and O–H groups in total. The molecular weight excluding hydrogens is 388 g/mol. The lowest BCUT2D eigenvalue weighted by molar-refractivity contribution is -0.145. The zero-order chi connectivity index (χ0) is 21.2. The SMILES string of the molecule is CCCn1c(Cc2ccccc2)nnc1SCC(=O)NC(CC(C)C)C(=O)OC. The maximum Gasteiger partial charge on any atom is 0.328 e. The summed E-state index contributed by atoms with van der Waals surface area (Å²) in [6.07, 6.45) is 2.17. The van der Waals surface area contributed by atoms with Crippen molar-refractivity contribution in [3.8, 4) is 0 Å². The van der Waals surface area contributed by atoms with E-state index in [4.69, 9.17) is 4.74 Å². The normalized spacial score (nSPS) is 12.0. The summed E-state index contributed by atoms with van der Waals surface area (Å²) < 4.78 is 6.87. The van der Waals surface area contributed by atoms with Crippen LogP contribution < -0.4 is 5.32 Å². The zero-order valence-corrected chi connectivity index (χ0v) is 18.4. The van der Waals surface area contributed by atoms with Crippen LogP contribution in [0.1, 0.15) is 45.0 Å². The van der Waals surface area contributed by atoms with Gasteiger partial charge in [0.05, 0.1) is 12.9 Å². The summed E-state index contributed by atoms with van der Waals surface area (Å²) in [7, 11) is 1.33. The molecule has 0 aliphatic carbocycles. The Bertz CT molecular complexity index is 792. The number of ether oxygens (including phenoxy) is 1. The lowest BCUT2D eigenvalue weighted by Gasteiger charge is -2.18. The second kappa shape index (κ2) is 11.6. The van der Waals surface area contributed by atoms with Crippen LogP contribution in [0.25, 0.3) is 0 Å². The van der Waals surface area contributed by atoms with Crippen LogP contribution in [-0.2, 0) is 27.3 Å². The molecule has 0 aliphatic heterocycles. The Balaban J connectivity index is 2.01. The van der Waals surface area contributed by atoms with Gasteiger partial charge >= 0.3 is 5.97 Å². The smallest absolute Gasteiger partial charge is 0.328 e. The molecule has 0 fully saturated rings. The van der Waals surface area contributed by atoms with Crippen molar-refractivity contribution in [1.29, 1.82) is 0 Å². The molecule has 1 amide bonds. The fourth-order valence-corrected chi connectivity index (χ4v) is 3.77. The van der Waals surface area contributed by atoms with Crippen molar-refractivity contribution in [2.75, 3.05) is 12.9 Å². The summed E-state index contributed by atoms with van der Waals surface area (Å²) in [5, 5.41) is 12.1.